The van der Waals surface area contributed by atoms with E-state index in [9.17, 15) is 9.90 Å². The van der Waals surface area contributed by atoms with E-state index < -0.39 is 5.97 Å². The molecule has 29 heavy (non-hydrogen) atoms. The highest BCUT2D eigenvalue weighted by Crippen LogP contribution is 2.32. The smallest absolute Gasteiger partial charge is 0.337 e. The first-order chi connectivity index (χ1) is 14.1. The number of hydrogen-bond acceptors (Lipinski definition) is 4. The quantitative estimate of drug-likeness (QED) is 0.427. The normalized spacial score (nSPS) is 11.9. The van der Waals surface area contributed by atoms with Gasteiger partial charge < -0.3 is 19.6 Å². The maximum absolute atomic E-state index is 11.6. The fraction of sp³-hybridized carbons (Fsp3) is 0.125. The van der Waals surface area contributed by atoms with Crippen molar-refractivity contribution in [1.29, 1.82) is 0 Å². The lowest BCUT2D eigenvalue weighted by Crippen LogP contribution is -2.20. The first-order valence-corrected chi connectivity index (χ1v) is 9.38. The molecule has 0 radical (unpaired) electrons. The minimum absolute atomic E-state index is 0.200. The summed E-state index contributed by atoms with van der Waals surface area (Å²) in [5, 5.41) is 13.9. The Hall–Kier alpha value is -3.73. The van der Waals surface area contributed by atoms with Crippen LogP contribution in [0.1, 0.15) is 27.7 Å². The van der Waals surface area contributed by atoms with Crippen molar-refractivity contribution in [3.05, 3.63) is 95.7 Å². The predicted octanol–water partition coefficient (Wildman–Crippen LogP) is 5.67. The summed E-state index contributed by atoms with van der Waals surface area (Å²) in [5.74, 6) is 0.471. The van der Waals surface area contributed by atoms with Gasteiger partial charge in [0, 0.05) is 16.6 Å². The molecule has 0 bridgehead atoms. The summed E-state index contributed by atoms with van der Waals surface area (Å²) in [6.07, 6.45) is 0. The molecule has 1 unspecified atom stereocenters. The maximum Gasteiger partial charge on any atom is 0.337 e. The Labute approximate surface area is 168 Å². The van der Waals surface area contributed by atoms with Gasteiger partial charge >= 0.3 is 5.97 Å². The maximum atomic E-state index is 11.6. The number of para-hydroxylation sites is 3. The molecule has 0 aliphatic carbocycles. The molecule has 0 saturated carbocycles. The minimum Gasteiger partial charge on any atom is -0.491 e. The Balaban J connectivity index is 1.70. The van der Waals surface area contributed by atoms with E-state index in [1.807, 2.05) is 61.5 Å². The summed E-state index contributed by atoms with van der Waals surface area (Å²) in [6.45, 7) is 2.28. The van der Waals surface area contributed by atoms with Gasteiger partial charge in [-0.05, 0) is 37.3 Å². The van der Waals surface area contributed by atoms with Crippen LogP contribution in [0.25, 0.3) is 11.0 Å². The molecule has 1 aromatic heterocycles. The summed E-state index contributed by atoms with van der Waals surface area (Å²) >= 11 is 0. The summed E-state index contributed by atoms with van der Waals surface area (Å²) in [7, 11) is 0. The van der Waals surface area contributed by atoms with E-state index in [4.69, 9.17) is 9.15 Å². The molecule has 0 spiro atoms. The first kappa shape index (κ1) is 18.6. The van der Waals surface area contributed by atoms with Gasteiger partial charge in [-0.1, -0.05) is 48.5 Å². The third kappa shape index (κ3) is 3.94. The lowest BCUT2D eigenvalue weighted by atomic mass is 10.1. The van der Waals surface area contributed by atoms with Crippen LogP contribution in [0, 0.1) is 6.92 Å². The van der Waals surface area contributed by atoms with E-state index in [1.165, 1.54) is 0 Å². The molecule has 0 fully saturated rings. The van der Waals surface area contributed by atoms with E-state index in [0.29, 0.717) is 5.69 Å². The summed E-state index contributed by atoms with van der Waals surface area (Å²) < 4.78 is 12.1. The topological polar surface area (TPSA) is 71.7 Å². The molecule has 0 amide bonds. The number of aromatic carboxylic acids is 1. The molecular formula is C24H21NO4. The number of furan rings is 1. The number of carboxylic acids is 1. The molecule has 4 rings (SSSR count). The second kappa shape index (κ2) is 8.10. The van der Waals surface area contributed by atoms with Gasteiger partial charge in [0.25, 0.3) is 0 Å². The predicted molar refractivity (Wildman–Crippen MR) is 113 cm³/mol. The minimum atomic E-state index is -0.989. The number of rotatable bonds is 7. The number of aryl methyl sites for hydroxylation is 1. The Morgan fingerprint density at radius 2 is 1.69 bits per heavy atom. The zero-order valence-corrected chi connectivity index (χ0v) is 16.0. The molecule has 5 heteroatoms. The highest BCUT2D eigenvalue weighted by Gasteiger charge is 2.23. The van der Waals surface area contributed by atoms with E-state index in [2.05, 4.69) is 5.32 Å². The molecule has 0 aliphatic heterocycles. The molecule has 1 atom stereocenters. The van der Waals surface area contributed by atoms with E-state index in [-0.39, 0.29) is 18.2 Å². The number of nitrogens with one attached hydrogen (secondary N) is 1. The van der Waals surface area contributed by atoms with Crippen LogP contribution >= 0.6 is 0 Å². The highest BCUT2D eigenvalue weighted by atomic mass is 16.5. The van der Waals surface area contributed by atoms with Crippen LogP contribution in [0.5, 0.6) is 5.75 Å². The Morgan fingerprint density at radius 3 is 2.45 bits per heavy atom. The Kier molecular flexibility index (Phi) is 5.20. The fourth-order valence-electron chi connectivity index (χ4n) is 3.39. The van der Waals surface area contributed by atoms with Crippen molar-refractivity contribution < 1.29 is 19.1 Å². The van der Waals surface area contributed by atoms with Gasteiger partial charge in [-0.15, -0.1) is 0 Å². The van der Waals surface area contributed by atoms with Crippen LogP contribution in [0.15, 0.2) is 83.3 Å². The Morgan fingerprint density at radius 1 is 1.00 bits per heavy atom. The number of ether oxygens (including phenoxy) is 1. The van der Waals surface area contributed by atoms with E-state index in [0.717, 1.165) is 28.0 Å². The summed E-state index contributed by atoms with van der Waals surface area (Å²) in [4.78, 5) is 11.6. The van der Waals surface area contributed by atoms with Crippen LogP contribution in [0.4, 0.5) is 5.69 Å². The van der Waals surface area contributed by atoms with Crippen molar-refractivity contribution in [3.8, 4) is 5.75 Å². The second-order valence-electron chi connectivity index (χ2n) is 6.76. The fourth-order valence-corrected chi connectivity index (χ4v) is 3.39. The van der Waals surface area contributed by atoms with E-state index in [1.54, 1.807) is 24.3 Å². The number of carbonyl (C=O) groups is 1. The first-order valence-electron chi connectivity index (χ1n) is 9.38. The van der Waals surface area contributed by atoms with Crippen LogP contribution in [0.3, 0.4) is 0 Å². The van der Waals surface area contributed by atoms with Crippen LogP contribution < -0.4 is 10.1 Å². The number of carboxylic acid groups (broad SMARTS) is 1. The number of fused-ring (bicyclic) bond motifs is 1. The molecule has 0 saturated heterocycles. The summed E-state index contributed by atoms with van der Waals surface area (Å²) in [6, 6.07) is 23.8. The molecule has 5 nitrogen and oxygen atoms in total. The van der Waals surface area contributed by atoms with Gasteiger partial charge in [-0.2, -0.15) is 0 Å². The molecular weight excluding hydrogens is 366 g/mol. The average molecular weight is 387 g/mol. The van der Waals surface area contributed by atoms with Gasteiger partial charge in [0.05, 0.1) is 5.56 Å². The number of benzene rings is 3. The molecule has 0 aliphatic rings. The van der Waals surface area contributed by atoms with Gasteiger partial charge in [-0.25, -0.2) is 4.79 Å². The van der Waals surface area contributed by atoms with Crippen LogP contribution in [0.2, 0.25) is 0 Å². The van der Waals surface area contributed by atoms with Crippen molar-refractivity contribution in [2.24, 2.45) is 0 Å². The molecule has 3 aromatic carbocycles. The third-order valence-corrected chi connectivity index (χ3v) is 4.84. The average Bonchev–Trinajstić information content (AvgIpc) is 3.09. The standard InChI is InChI=1S/C24H21NO4/c1-16-18-11-6-8-14-22(18)29-23(16)21(15-28-17-9-3-2-4-10-17)25-20-13-7-5-12-19(20)24(26)27/h2-14,21,25H,15H2,1H3,(H,26,27). The van der Waals surface area contributed by atoms with Crippen LogP contribution in [-0.2, 0) is 0 Å². The van der Waals surface area contributed by atoms with Gasteiger partial charge in [-0.3, -0.25) is 0 Å². The number of anilines is 1. The molecule has 4 aromatic rings. The van der Waals surface area contributed by atoms with Crippen molar-refractivity contribution in [2.75, 3.05) is 11.9 Å². The van der Waals surface area contributed by atoms with Crippen molar-refractivity contribution in [2.45, 2.75) is 13.0 Å². The van der Waals surface area contributed by atoms with Gasteiger partial charge in [0.2, 0.25) is 0 Å². The lowest BCUT2D eigenvalue weighted by molar-refractivity contribution is 0.0697. The molecule has 146 valence electrons. The van der Waals surface area contributed by atoms with Crippen molar-refractivity contribution in [3.63, 3.8) is 0 Å². The zero-order valence-electron chi connectivity index (χ0n) is 16.0. The van der Waals surface area contributed by atoms with Crippen molar-refractivity contribution >= 4 is 22.6 Å². The van der Waals surface area contributed by atoms with Crippen molar-refractivity contribution in [1.82, 2.24) is 0 Å². The second-order valence-corrected chi connectivity index (χ2v) is 6.76. The monoisotopic (exact) mass is 387 g/mol. The molecule has 1 heterocycles. The van der Waals surface area contributed by atoms with Gasteiger partial charge in [0.15, 0.2) is 0 Å². The van der Waals surface area contributed by atoms with E-state index >= 15 is 0 Å². The van der Waals surface area contributed by atoms with Gasteiger partial charge in [0.1, 0.15) is 29.7 Å². The number of hydrogen-bond donors (Lipinski definition) is 2. The Bertz CT molecular complexity index is 1130. The third-order valence-electron chi connectivity index (χ3n) is 4.84. The molecule has 2 N–H and O–H groups in total. The largest absolute Gasteiger partial charge is 0.491 e. The highest BCUT2D eigenvalue weighted by molar-refractivity contribution is 5.94. The zero-order chi connectivity index (χ0) is 20.2. The SMILES string of the molecule is Cc1c(C(COc2ccccc2)Nc2ccccc2C(=O)O)oc2ccccc12. The summed E-state index contributed by atoms with van der Waals surface area (Å²) in [5.41, 5.74) is 2.51. The van der Waals surface area contributed by atoms with Crippen LogP contribution in [-0.4, -0.2) is 17.7 Å². The lowest BCUT2D eigenvalue weighted by Gasteiger charge is -2.20.